The molecule has 190 valence electrons. The second kappa shape index (κ2) is 11.3. The highest BCUT2D eigenvalue weighted by molar-refractivity contribution is 6.14. The molecule has 4 rings (SSSR count). The van der Waals surface area contributed by atoms with Crippen molar-refractivity contribution < 1.29 is 28.2 Å². The molecular formula is C27H25FN4O5. The van der Waals surface area contributed by atoms with Crippen LogP contribution < -0.4 is 10.1 Å². The van der Waals surface area contributed by atoms with Gasteiger partial charge in [0.1, 0.15) is 23.7 Å². The lowest BCUT2D eigenvalue weighted by Gasteiger charge is -2.09. The fourth-order valence-corrected chi connectivity index (χ4v) is 3.72. The van der Waals surface area contributed by atoms with Gasteiger partial charge >= 0.3 is 11.9 Å². The van der Waals surface area contributed by atoms with Gasteiger partial charge in [0.2, 0.25) is 0 Å². The van der Waals surface area contributed by atoms with E-state index in [0.717, 1.165) is 11.1 Å². The molecule has 9 nitrogen and oxygen atoms in total. The van der Waals surface area contributed by atoms with Crippen LogP contribution >= 0.6 is 0 Å². The molecule has 2 heterocycles. The van der Waals surface area contributed by atoms with E-state index >= 15 is 0 Å². The number of fused-ring (bicyclic) bond motifs is 1. The Morgan fingerprint density at radius 1 is 0.973 bits per heavy atom. The Kier molecular flexibility index (Phi) is 7.77. The van der Waals surface area contributed by atoms with E-state index in [9.17, 15) is 14.0 Å². The third-order valence-corrected chi connectivity index (χ3v) is 5.43. The fourth-order valence-electron chi connectivity index (χ4n) is 3.72. The summed E-state index contributed by atoms with van der Waals surface area (Å²) < 4.78 is 30.7. The van der Waals surface area contributed by atoms with E-state index in [0.29, 0.717) is 28.3 Å². The first-order valence-electron chi connectivity index (χ1n) is 11.5. The van der Waals surface area contributed by atoms with Crippen molar-refractivity contribution in [2.75, 3.05) is 25.6 Å². The van der Waals surface area contributed by atoms with Crippen LogP contribution in [-0.4, -0.2) is 46.8 Å². The summed E-state index contributed by atoms with van der Waals surface area (Å²) >= 11 is 0. The third-order valence-electron chi connectivity index (χ3n) is 5.43. The summed E-state index contributed by atoms with van der Waals surface area (Å²) in [6.45, 7) is 3.47. The van der Waals surface area contributed by atoms with E-state index in [-0.39, 0.29) is 24.6 Å². The van der Waals surface area contributed by atoms with Crippen LogP contribution in [0.1, 0.15) is 13.8 Å². The van der Waals surface area contributed by atoms with E-state index < -0.39 is 11.9 Å². The number of hydrogen-bond acceptors (Lipinski definition) is 8. The minimum Gasteiger partial charge on any atom is -0.497 e. The average molecular weight is 505 g/mol. The number of benzene rings is 2. The maximum Gasteiger partial charge on any atom is 0.347 e. The molecule has 0 atom stereocenters. The highest BCUT2D eigenvalue weighted by Crippen LogP contribution is 2.36. The van der Waals surface area contributed by atoms with Crippen molar-refractivity contribution in [1.29, 1.82) is 0 Å². The van der Waals surface area contributed by atoms with Gasteiger partial charge in [-0.25, -0.2) is 23.9 Å². The first-order chi connectivity index (χ1) is 18.0. The molecule has 0 saturated carbocycles. The van der Waals surface area contributed by atoms with Crippen molar-refractivity contribution in [3.8, 4) is 22.6 Å². The third kappa shape index (κ3) is 5.43. The number of esters is 2. The van der Waals surface area contributed by atoms with Gasteiger partial charge in [-0.3, -0.25) is 0 Å². The average Bonchev–Trinajstić information content (AvgIpc) is 3.30. The summed E-state index contributed by atoms with van der Waals surface area (Å²) in [5, 5.41) is 3.57. The summed E-state index contributed by atoms with van der Waals surface area (Å²) in [5.41, 5.74) is 2.50. The van der Waals surface area contributed by atoms with Crippen molar-refractivity contribution in [2.24, 2.45) is 0 Å². The highest BCUT2D eigenvalue weighted by atomic mass is 19.1. The number of carbonyl (C=O) groups excluding carboxylic acids is 2. The Morgan fingerprint density at radius 3 is 2.22 bits per heavy atom. The molecule has 0 fully saturated rings. The number of ether oxygens (including phenoxy) is 3. The van der Waals surface area contributed by atoms with Gasteiger partial charge in [0.25, 0.3) is 0 Å². The maximum absolute atomic E-state index is 13.6. The number of carbonyl (C=O) groups is 2. The highest BCUT2D eigenvalue weighted by Gasteiger charge is 2.22. The van der Waals surface area contributed by atoms with Crippen molar-refractivity contribution >= 4 is 28.8 Å². The standard InChI is InChI=1S/C27H25FN4O5/c1-4-36-26(33)21(27(34)37-5-2)14-29-24-23-22(17-6-12-20(35-3)13-7-17)15-32(25(23)31-16-30-24)19-10-8-18(28)9-11-19/h6-16H,4-5H2,1-3H3,(H,29,30,31). The number of aromatic nitrogens is 3. The molecule has 0 aliphatic carbocycles. The van der Waals surface area contributed by atoms with Gasteiger partial charge < -0.3 is 24.1 Å². The molecule has 0 saturated heterocycles. The van der Waals surface area contributed by atoms with Crippen molar-refractivity contribution in [1.82, 2.24) is 14.5 Å². The number of methoxy groups -OCH3 is 1. The first kappa shape index (κ1) is 25.4. The minimum atomic E-state index is -0.821. The number of anilines is 1. The SMILES string of the molecule is CCOC(=O)C(=CNc1ncnc2c1c(-c1ccc(OC)cc1)cn2-c1ccc(F)cc1)C(=O)OCC. The predicted molar refractivity (Wildman–Crippen MR) is 136 cm³/mol. The summed E-state index contributed by atoms with van der Waals surface area (Å²) in [6, 6.07) is 13.4. The van der Waals surface area contributed by atoms with Crippen LogP contribution in [0.2, 0.25) is 0 Å². The van der Waals surface area contributed by atoms with Crippen LogP contribution in [-0.2, 0) is 19.1 Å². The van der Waals surface area contributed by atoms with E-state index in [1.54, 1.807) is 33.1 Å². The zero-order valence-electron chi connectivity index (χ0n) is 20.5. The molecule has 0 radical (unpaired) electrons. The fraction of sp³-hybridized carbons (Fsp3) is 0.185. The monoisotopic (exact) mass is 504 g/mol. The zero-order chi connectivity index (χ0) is 26.4. The smallest absolute Gasteiger partial charge is 0.347 e. The molecule has 0 aliphatic rings. The summed E-state index contributed by atoms with van der Waals surface area (Å²) in [4.78, 5) is 33.6. The number of halogens is 1. The molecule has 0 bridgehead atoms. The lowest BCUT2D eigenvalue weighted by molar-refractivity contribution is -0.146. The van der Waals surface area contributed by atoms with Crippen LogP contribution in [0.5, 0.6) is 5.75 Å². The Balaban J connectivity index is 1.88. The van der Waals surface area contributed by atoms with Gasteiger partial charge in [-0.1, -0.05) is 12.1 Å². The molecule has 0 aliphatic heterocycles. The van der Waals surface area contributed by atoms with E-state index in [2.05, 4.69) is 15.3 Å². The second-order valence-electron chi connectivity index (χ2n) is 7.68. The Hall–Kier alpha value is -4.73. The molecule has 2 aromatic carbocycles. The van der Waals surface area contributed by atoms with Crippen molar-refractivity contribution in [2.45, 2.75) is 13.8 Å². The number of rotatable bonds is 9. The topological polar surface area (TPSA) is 105 Å². The number of hydrogen-bond donors (Lipinski definition) is 1. The molecular weight excluding hydrogens is 479 g/mol. The van der Waals surface area contributed by atoms with Gasteiger partial charge in [0.15, 0.2) is 11.2 Å². The molecule has 4 aromatic rings. The van der Waals surface area contributed by atoms with Crippen LogP contribution in [0, 0.1) is 5.82 Å². The zero-order valence-corrected chi connectivity index (χ0v) is 20.5. The molecule has 0 spiro atoms. The van der Waals surface area contributed by atoms with Gasteiger partial charge in [-0.05, 0) is 55.8 Å². The van der Waals surface area contributed by atoms with Crippen LogP contribution in [0.4, 0.5) is 10.2 Å². The van der Waals surface area contributed by atoms with Crippen LogP contribution in [0.3, 0.4) is 0 Å². The Morgan fingerprint density at radius 2 is 1.62 bits per heavy atom. The summed E-state index contributed by atoms with van der Waals surface area (Å²) in [5.74, 6) is -0.973. The molecule has 10 heteroatoms. The Bertz CT molecular complexity index is 1430. The molecule has 0 amide bonds. The van der Waals surface area contributed by atoms with Crippen molar-refractivity contribution in [3.05, 3.63) is 78.6 Å². The van der Waals surface area contributed by atoms with Crippen LogP contribution in [0.15, 0.2) is 72.8 Å². The Labute approximate surface area is 212 Å². The number of nitrogens with one attached hydrogen (secondary N) is 1. The first-order valence-corrected chi connectivity index (χ1v) is 11.5. The summed E-state index contributed by atoms with van der Waals surface area (Å²) in [6.07, 6.45) is 4.43. The quantitative estimate of drug-likeness (QED) is 0.152. The normalized spacial score (nSPS) is 10.6. The van der Waals surface area contributed by atoms with E-state index in [4.69, 9.17) is 14.2 Å². The van der Waals surface area contributed by atoms with Gasteiger partial charge in [-0.2, -0.15) is 0 Å². The minimum absolute atomic E-state index is 0.0927. The van der Waals surface area contributed by atoms with Gasteiger partial charge in [0, 0.05) is 23.6 Å². The van der Waals surface area contributed by atoms with Crippen molar-refractivity contribution in [3.63, 3.8) is 0 Å². The second-order valence-corrected chi connectivity index (χ2v) is 7.68. The molecule has 37 heavy (non-hydrogen) atoms. The molecule has 0 unspecified atom stereocenters. The predicted octanol–water partition coefficient (Wildman–Crippen LogP) is 4.66. The number of nitrogens with zero attached hydrogens (tertiary/aromatic N) is 3. The van der Waals surface area contributed by atoms with E-state index in [1.807, 2.05) is 35.0 Å². The summed E-state index contributed by atoms with van der Waals surface area (Å²) in [7, 11) is 1.59. The van der Waals surface area contributed by atoms with Gasteiger partial charge in [0.05, 0.1) is 25.7 Å². The van der Waals surface area contributed by atoms with Gasteiger partial charge in [-0.15, -0.1) is 0 Å². The molecule has 2 aromatic heterocycles. The lowest BCUT2D eigenvalue weighted by atomic mass is 10.1. The van der Waals surface area contributed by atoms with Crippen LogP contribution in [0.25, 0.3) is 27.8 Å². The van der Waals surface area contributed by atoms with E-state index in [1.165, 1.54) is 24.7 Å². The molecule has 1 N–H and O–H groups in total. The largest absolute Gasteiger partial charge is 0.497 e. The lowest BCUT2D eigenvalue weighted by Crippen LogP contribution is -2.19. The maximum atomic E-state index is 13.6.